The second-order valence-corrected chi connectivity index (χ2v) is 4.02. The zero-order valence-electron chi connectivity index (χ0n) is 8.78. The number of hydrogen-bond donors (Lipinski definition) is 1. The Morgan fingerprint density at radius 1 is 1.50 bits per heavy atom. The molecule has 2 rings (SSSR count). The summed E-state index contributed by atoms with van der Waals surface area (Å²) in [6, 6.07) is 5.27. The molecule has 0 saturated heterocycles. The molecule has 1 amide bonds. The maximum absolute atomic E-state index is 11.7. The Balaban J connectivity index is 2.31. The monoisotopic (exact) mass is 240 g/mol. The lowest BCUT2D eigenvalue weighted by molar-refractivity contribution is -0.121. The fourth-order valence-corrected chi connectivity index (χ4v) is 1.84. The lowest BCUT2D eigenvalue weighted by atomic mass is 10.2. The lowest BCUT2D eigenvalue weighted by Gasteiger charge is -2.29. The van der Waals surface area contributed by atoms with E-state index >= 15 is 0 Å². The number of nitrogens with two attached hydrogens (primary N) is 1. The molecular weight excluding hydrogens is 228 g/mol. The summed E-state index contributed by atoms with van der Waals surface area (Å²) in [5, 5.41) is 0.592. The van der Waals surface area contributed by atoms with Gasteiger partial charge in [0.05, 0.1) is 5.69 Å². The first-order valence-electron chi connectivity index (χ1n) is 5.15. The van der Waals surface area contributed by atoms with Crippen molar-refractivity contribution in [2.45, 2.75) is 6.42 Å². The van der Waals surface area contributed by atoms with Crippen LogP contribution in [0.1, 0.15) is 6.42 Å². The Morgan fingerprint density at radius 2 is 2.31 bits per heavy atom. The summed E-state index contributed by atoms with van der Waals surface area (Å²) in [6.07, 6.45) is 0.762. The predicted molar refractivity (Wildman–Crippen MR) is 63.0 cm³/mol. The van der Waals surface area contributed by atoms with Crippen LogP contribution >= 0.6 is 11.6 Å². The van der Waals surface area contributed by atoms with Crippen LogP contribution in [0.15, 0.2) is 18.2 Å². The highest BCUT2D eigenvalue weighted by Crippen LogP contribution is 2.34. The third kappa shape index (κ3) is 2.13. The SMILES string of the molecule is NCCCN1C(=O)COc2ccc(Cl)cc21. The molecule has 1 aliphatic heterocycles. The van der Waals surface area contributed by atoms with Crippen LogP contribution in [0, 0.1) is 0 Å². The number of benzene rings is 1. The Bertz CT molecular complexity index is 409. The van der Waals surface area contributed by atoms with Crippen molar-refractivity contribution in [3.63, 3.8) is 0 Å². The highest BCUT2D eigenvalue weighted by Gasteiger charge is 2.24. The summed E-state index contributed by atoms with van der Waals surface area (Å²) in [7, 11) is 0. The molecule has 5 heteroatoms. The Kier molecular flexibility index (Phi) is 3.31. The van der Waals surface area contributed by atoms with Crippen LogP contribution in [-0.2, 0) is 4.79 Å². The molecule has 1 heterocycles. The molecule has 0 aromatic heterocycles. The van der Waals surface area contributed by atoms with Crippen LogP contribution in [-0.4, -0.2) is 25.6 Å². The number of anilines is 1. The zero-order valence-corrected chi connectivity index (χ0v) is 9.54. The number of amides is 1. The smallest absolute Gasteiger partial charge is 0.265 e. The maximum Gasteiger partial charge on any atom is 0.265 e. The van der Waals surface area contributed by atoms with Crippen molar-refractivity contribution in [1.29, 1.82) is 0 Å². The average Bonchev–Trinajstić information content (AvgIpc) is 2.28. The van der Waals surface area contributed by atoms with Gasteiger partial charge in [0.1, 0.15) is 5.75 Å². The Morgan fingerprint density at radius 3 is 3.06 bits per heavy atom. The van der Waals surface area contributed by atoms with E-state index < -0.39 is 0 Å². The van der Waals surface area contributed by atoms with Gasteiger partial charge in [-0.2, -0.15) is 0 Å². The largest absolute Gasteiger partial charge is 0.482 e. The quantitative estimate of drug-likeness (QED) is 0.869. The van der Waals surface area contributed by atoms with Crippen LogP contribution in [0.3, 0.4) is 0 Å². The lowest BCUT2D eigenvalue weighted by Crippen LogP contribution is -2.39. The molecule has 0 fully saturated rings. The van der Waals surface area contributed by atoms with Crippen molar-refractivity contribution in [3.8, 4) is 5.75 Å². The average molecular weight is 241 g/mol. The van der Waals surface area contributed by atoms with Crippen LogP contribution < -0.4 is 15.4 Å². The first-order valence-corrected chi connectivity index (χ1v) is 5.53. The molecule has 0 spiro atoms. The van der Waals surface area contributed by atoms with E-state index in [0.717, 1.165) is 12.1 Å². The topological polar surface area (TPSA) is 55.6 Å². The number of fused-ring (bicyclic) bond motifs is 1. The summed E-state index contributed by atoms with van der Waals surface area (Å²) in [5.74, 6) is 0.643. The van der Waals surface area contributed by atoms with E-state index in [9.17, 15) is 4.79 Å². The Labute approximate surface area is 98.9 Å². The molecule has 0 radical (unpaired) electrons. The van der Waals surface area contributed by atoms with Crippen molar-refractivity contribution in [1.82, 2.24) is 0 Å². The first-order chi connectivity index (χ1) is 7.72. The van der Waals surface area contributed by atoms with Gasteiger partial charge in [-0.05, 0) is 31.2 Å². The first kappa shape index (κ1) is 11.2. The third-order valence-electron chi connectivity index (χ3n) is 2.45. The number of rotatable bonds is 3. The molecular formula is C11H13ClN2O2. The number of nitrogens with zero attached hydrogens (tertiary/aromatic N) is 1. The van der Waals surface area contributed by atoms with Gasteiger partial charge in [0.25, 0.3) is 5.91 Å². The van der Waals surface area contributed by atoms with Crippen molar-refractivity contribution in [2.75, 3.05) is 24.6 Å². The van der Waals surface area contributed by atoms with Gasteiger partial charge in [-0.3, -0.25) is 4.79 Å². The molecule has 1 aromatic carbocycles. The number of carbonyl (C=O) groups is 1. The van der Waals surface area contributed by atoms with E-state index in [1.54, 1.807) is 23.1 Å². The number of halogens is 1. The zero-order chi connectivity index (χ0) is 11.5. The fraction of sp³-hybridized carbons (Fsp3) is 0.364. The second-order valence-electron chi connectivity index (χ2n) is 3.59. The highest BCUT2D eigenvalue weighted by molar-refractivity contribution is 6.31. The molecule has 0 aliphatic carbocycles. The molecule has 16 heavy (non-hydrogen) atoms. The molecule has 1 aliphatic rings. The molecule has 86 valence electrons. The van der Waals surface area contributed by atoms with Crippen molar-refractivity contribution >= 4 is 23.2 Å². The summed E-state index contributed by atoms with van der Waals surface area (Å²) in [5.41, 5.74) is 6.18. The maximum atomic E-state index is 11.7. The van der Waals surface area contributed by atoms with Crippen molar-refractivity contribution in [3.05, 3.63) is 23.2 Å². The summed E-state index contributed by atoms with van der Waals surface area (Å²) < 4.78 is 5.32. The van der Waals surface area contributed by atoms with Crippen molar-refractivity contribution < 1.29 is 9.53 Å². The number of ether oxygens (including phenoxy) is 1. The predicted octanol–water partition coefficient (Wildman–Crippen LogP) is 1.41. The number of hydrogen-bond acceptors (Lipinski definition) is 3. The molecule has 0 bridgehead atoms. The van der Waals surface area contributed by atoms with Gasteiger partial charge in [0.2, 0.25) is 0 Å². The van der Waals surface area contributed by atoms with Gasteiger partial charge in [-0.15, -0.1) is 0 Å². The summed E-state index contributed by atoms with van der Waals surface area (Å²) in [4.78, 5) is 13.4. The van der Waals surface area contributed by atoms with Crippen molar-refractivity contribution in [2.24, 2.45) is 5.73 Å². The van der Waals surface area contributed by atoms with E-state index in [1.165, 1.54) is 0 Å². The van der Waals surface area contributed by atoms with E-state index in [2.05, 4.69) is 0 Å². The van der Waals surface area contributed by atoms with E-state index in [4.69, 9.17) is 22.1 Å². The van der Waals surface area contributed by atoms with Crippen LogP contribution in [0.25, 0.3) is 0 Å². The summed E-state index contributed by atoms with van der Waals surface area (Å²) in [6.45, 7) is 1.24. The highest BCUT2D eigenvalue weighted by atomic mass is 35.5. The minimum Gasteiger partial charge on any atom is -0.482 e. The fourth-order valence-electron chi connectivity index (χ4n) is 1.67. The summed E-state index contributed by atoms with van der Waals surface area (Å²) >= 11 is 5.91. The van der Waals surface area contributed by atoms with E-state index in [0.29, 0.717) is 23.9 Å². The molecule has 0 atom stereocenters. The molecule has 4 nitrogen and oxygen atoms in total. The molecule has 1 aromatic rings. The third-order valence-corrected chi connectivity index (χ3v) is 2.68. The molecule has 2 N–H and O–H groups in total. The van der Waals surface area contributed by atoms with Crippen LogP contribution in [0.2, 0.25) is 5.02 Å². The molecule has 0 unspecified atom stereocenters. The minimum atomic E-state index is -0.0526. The van der Waals surface area contributed by atoms with Crippen LogP contribution in [0.4, 0.5) is 5.69 Å². The van der Waals surface area contributed by atoms with Gasteiger partial charge in [0.15, 0.2) is 6.61 Å². The normalized spacial score (nSPS) is 14.6. The van der Waals surface area contributed by atoms with Crippen LogP contribution in [0.5, 0.6) is 5.75 Å². The van der Waals surface area contributed by atoms with Gasteiger partial charge >= 0.3 is 0 Å². The standard InChI is InChI=1S/C11H13ClN2O2/c12-8-2-3-10-9(6-8)14(5-1-4-13)11(15)7-16-10/h2-3,6H,1,4-5,7,13H2. The van der Waals surface area contributed by atoms with Gasteiger partial charge in [-0.25, -0.2) is 0 Å². The molecule has 0 saturated carbocycles. The van der Waals surface area contributed by atoms with Gasteiger partial charge < -0.3 is 15.4 Å². The second kappa shape index (κ2) is 4.72. The minimum absolute atomic E-state index is 0.0526. The van der Waals surface area contributed by atoms with Gasteiger partial charge in [-0.1, -0.05) is 11.6 Å². The van der Waals surface area contributed by atoms with E-state index in [1.807, 2.05) is 0 Å². The Hall–Kier alpha value is -1.26. The van der Waals surface area contributed by atoms with Gasteiger partial charge in [0, 0.05) is 11.6 Å². The van der Waals surface area contributed by atoms with E-state index in [-0.39, 0.29) is 12.5 Å². The number of carbonyl (C=O) groups excluding carboxylic acids is 1.